The number of carbonyl (C=O) groups is 2. The Morgan fingerprint density at radius 2 is 1.74 bits per heavy atom. The number of nitrogens with one attached hydrogen (secondary N) is 2. The summed E-state index contributed by atoms with van der Waals surface area (Å²) in [6.45, 7) is 4.48. The number of amides is 2. The molecule has 2 aromatic carbocycles. The predicted octanol–water partition coefficient (Wildman–Crippen LogP) is 3.06. The molecule has 0 saturated carbocycles. The molecule has 1 heterocycles. The Kier molecular flexibility index (Phi) is 5.76. The third-order valence-corrected chi connectivity index (χ3v) is 4.39. The van der Waals surface area contributed by atoms with Crippen LogP contribution in [0.3, 0.4) is 0 Å². The zero-order valence-corrected chi connectivity index (χ0v) is 15.5. The second-order valence-corrected chi connectivity index (χ2v) is 6.08. The van der Waals surface area contributed by atoms with Gasteiger partial charge < -0.3 is 9.30 Å². The number of benzene rings is 2. The number of hydrazine groups is 1. The highest BCUT2D eigenvalue weighted by molar-refractivity contribution is 5.99. The van der Waals surface area contributed by atoms with Crippen molar-refractivity contribution in [1.82, 2.24) is 15.4 Å². The molecular weight excluding hydrogens is 342 g/mol. The van der Waals surface area contributed by atoms with Crippen LogP contribution in [0.15, 0.2) is 54.6 Å². The van der Waals surface area contributed by atoms with E-state index in [1.54, 1.807) is 0 Å². The predicted molar refractivity (Wildman–Crippen MR) is 105 cm³/mol. The van der Waals surface area contributed by atoms with Crippen molar-refractivity contribution in [1.29, 1.82) is 0 Å². The number of para-hydroxylation sites is 2. The summed E-state index contributed by atoms with van der Waals surface area (Å²) in [5.74, 6) is -0.114. The number of aromatic nitrogens is 1. The fourth-order valence-corrected chi connectivity index (χ4v) is 3.05. The summed E-state index contributed by atoms with van der Waals surface area (Å²) in [6, 6.07) is 17.2. The lowest BCUT2D eigenvalue weighted by Gasteiger charge is -2.12. The summed E-state index contributed by atoms with van der Waals surface area (Å²) in [5.41, 5.74) is 7.38. The van der Waals surface area contributed by atoms with Crippen molar-refractivity contribution < 1.29 is 14.3 Å². The normalized spacial score (nSPS) is 10.6. The van der Waals surface area contributed by atoms with Gasteiger partial charge in [-0.05, 0) is 37.1 Å². The molecule has 0 saturated heterocycles. The van der Waals surface area contributed by atoms with Crippen LogP contribution in [0.1, 0.15) is 29.9 Å². The number of hydrogen-bond donors (Lipinski definition) is 2. The topological polar surface area (TPSA) is 72.4 Å². The van der Waals surface area contributed by atoms with E-state index in [-0.39, 0.29) is 12.5 Å². The fraction of sp³-hybridized carbons (Fsp3) is 0.238. The molecule has 6 nitrogen and oxygen atoms in total. The summed E-state index contributed by atoms with van der Waals surface area (Å²) in [6.07, 6.45) is 0.816. The molecular formula is C21H23N3O3. The summed E-state index contributed by atoms with van der Waals surface area (Å²) >= 11 is 0. The molecule has 0 atom stereocenters. The van der Waals surface area contributed by atoms with E-state index in [4.69, 9.17) is 4.74 Å². The Labute approximate surface area is 158 Å². The van der Waals surface area contributed by atoms with E-state index in [9.17, 15) is 9.59 Å². The molecule has 3 aromatic rings. The van der Waals surface area contributed by atoms with Gasteiger partial charge in [-0.15, -0.1) is 0 Å². The second-order valence-electron chi connectivity index (χ2n) is 6.08. The van der Waals surface area contributed by atoms with E-state index in [2.05, 4.69) is 10.9 Å². The first-order chi connectivity index (χ1) is 13.1. The van der Waals surface area contributed by atoms with Crippen LogP contribution in [0.2, 0.25) is 0 Å². The minimum Gasteiger partial charge on any atom is -0.483 e. The first-order valence-electron chi connectivity index (χ1n) is 9.02. The lowest BCUT2D eigenvalue weighted by atomic mass is 10.1. The van der Waals surface area contributed by atoms with Gasteiger partial charge in [0.15, 0.2) is 6.61 Å². The van der Waals surface area contributed by atoms with Crippen LogP contribution in [0.25, 0.3) is 10.9 Å². The van der Waals surface area contributed by atoms with Crippen molar-refractivity contribution in [3.8, 4) is 5.75 Å². The summed E-state index contributed by atoms with van der Waals surface area (Å²) in [7, 11) is 0. The molecule has 0 aliphatic heterocycles. The van der Waals surface area contributed by atoms with Gasteiger partial charge >= 0.3 is 0 Å². The number of aryl methyl sites for hydroxylation is 2. The molecule has 0 fully saturated rings. The number of rotatable bonds is 6. The molecule has 2 N–H and O–H groups in total. The zero-order chi connectivity index (χ0) is 19.2. The highest BCUT2D eigenvalue weighted by Crippen LogP contribution is 2.20. The highest BCUT2D eigenvalue weighted by Gasteiger charge is 2.15. The minimum atomic E-state index is -0.423. The van der Waals surface area contributed by atoms with Gasteiger partial charge in [-0.1, -0.05) is 43.3 Å². The maximum absolute atomic E-state index is 12.5. The van der Waals surface area contributed by atoms with Gasteiger partial charge in [-0.2, -0.15) is 0 Å². The Hall–Kier alpha value is -3.28. The number of fused-ring (bicyclic) bond motifs is 1. The molecule has 140 valence electrons. The summed E-state index contributed by atoms with van der Waals surface area (Å²) < 4.78 is 7.46. The van der Waals surface area contributed by atoms with Crippen molar-refractivity contribution in [3.05, 3.63) is 65.9 Å². The average molecular weight is 365 g/mol. The molecule has 2 amide bonds. The van der Waals surface area contributed by atoms with Crippen molar-refractivity contribution in [2.24, 2.45) is 0 Å². The van der Waals surface area contributed by atoms with Gasteiger partial charge in [0.05, 0.1) is 0 Å². The van der Waals surface area contributed by atoms with E-state index in [0.29, 0.717) is 18.0 Å². The molecule has 3 rings (SSSR count). The van der Waals surface area contributed by atoms with Crippen LogP contribution in [-0.4, -0.2) is 23.0 Å². The first kappa shape index (κ1) is 18.5. The third kappa shape index (κ3) is 4.11. The Bertz CT molecular complexity index is 962. The lowest BCUT2D eigenvalue weighted by Crippen LogP contribution is -2.44. The quantitative estimate of drug-likeness (QED) is 0.660. The van der Waals surface area contributed by atoms with Gasteiger partial charge in [0.25, 0.3) is 11.8 Å². The van der Waals surface area contributed by atoms with Crippen LogP contribution in [0, 0.1) is 0 Å². The van der Waals surface area contributed by atoms with Crippen molar-refractivity contribution in [2.45, 2.75) is 26.8 Å². The van der Waals surface area contributed by atoms with E-state index in [1.165, 1.54) is 0 Å². The monoisotopic (exact) mass is 365 g/mol. The van der Waals surface area contributed by atoms with Gasteiger partial charge in [-0.3, -0.25) is 20.4 Å². The first-order valence-corrected chi connectivity index (χ1v) is 9.02. The largest absolute Gasteiger partial charge is 0.483 e. The molecule has 6 heteroatoms. The Morgan fingerprint density at radius 1 is 1.00 bits per heavy atom. The van der Waals surface area contributed by atoms with Crippen LogP contribution in [0.4, 0.5) is 0 Å². The number of nitrogens with zero attached hydrogens (tertiary/aromatic N) is 1. The molecule has 0 radical (unpaired) electrons. The van der Waals surface area contributed by atoms with Crippen molar-refractivity contribution in [3.63, 3.8) is 0 Å². The van der Waals surface area contributed by atoms with Crippen LogP contribution >= 0.6 is 0 Å². The van der Waals surface area contributed by atoms with Crippen LogP contribution in [-0.2, 0) is 17.8 Å². The van der Waals surface area contributed by atoms with E-state index < -0.39 is 5.91 Å². The Morgan fingerprint density at radius 3 is 2.52 bits per heavy atom. The fourth-order valence-electron chi connectivity index (χ4n) is 3.05. The number of carbonyl (C=O) groups excluding carboxylic acids is 2. The van der Waals surface area contributed by atoms with Crippen molar-refractivity contribution >= 4 is 22.7 Å². The molecule has 0 aliphatic rings. The van der Waals surface area contributed by atoms with Crippen LogP contribution in [0.5, 0.6) is 5.75 Å². The SMILES string of the molecule is CCc1ccccc1OCC(=O)NNC(=O)c1cc2ccccc2n1CC. The van der Waals surface area contributed by atoms with E-state index in [0.717, 1.165) is 22.9 Å². The smallest absolute Gasteiger partial charge is 0.286 e. The van der Waals surface area contributed by atoms with E-state index >= 15 is 0 Å². The second kappa shape index (κ2) is 8.40. The van der Waals surface area contributed by atoms with Gasteiger partial charge in [0, 0.05) is 17.4 Å². The minimum absolute atomic E-state index is 0.173. The van der Waals surface area contributed by atoms with Gasteiger partial charge in [0.1, 0.15) is 11.4 Å². The summed E-state index contributed by atoms with van der Waals surface area (Å²) in [5, 5.41) is 0.982. The van der Waals surface area contributed by atoms with Crippen LogP contribution < -0.4 is 15.6 Å². The maximum Gasteiger partial charge on any atom is 0.286 e. The molecule has 0 unspecified atom stereocenters. The van der Waals surface area contributed by atoms with Gasteiger partial charge in [0.2, 0.25) is 0 Å². The molecule has 1 aromatic heterocycles. The lowest BCUT2D eigenvalue weighted by molar-refractivity contribution is -0.123. The summed E-state index contributed by atoms with van der Waals surface area (Å²) in [4.78, 5) is 24.5. The maximum atomic E-state index is 12.5. The van der Waals surface area contributed by atoms with Crippen molar-refractivity contribution in [2.75, 3.05) is 6.61 Å². The van der Waals surface area contributed by atoms with E-state index in [1.807, 2.05) is 73.0 Å². The molecule has 0 bridgehead atoms. The number of ether oxygens (including phenoxy) is 1. The number of hydrogen-bond acceptors (Lipinski definition) is 3. The molecule has 27 heavy (non-hydrogen) atoms. The highest BCUT2D eigenvalue weighted by atomic mass is 16.5. The third-order valence-electron chi connectivity index (χ3n) is 4.39. The average Bonchev–Trinajstić information content (AvgIpc) is 3.09. The molecule has 0 spiro atoms. The Balaban J connectivity index is 1.60. The zero-order valence-electron chi connectivity index (χ0n) is 15.5. The van der Waals surface area contributed by atoms with Gasteiger partial charge in [-0.25, -0.2) is 0 Å². The molecule has 0 aliphatic carbocycles. The standard InChI is InChI=1S/C21H23N3O3/c1-3-15-9-6-8-12-19(15)27-14-20(25)22-23-21(26)18-13-16-10-5-7-11-17(16)24(18)4-2/h5-13H,3-4,14H2,1-2H3,(H,22,25)(H,23,26).